The number of anilines is 1. The Morgan fingerprint density at radius 1 is 1.23 bits per heavy atom. The maximum Gasteiger partial charge on any atom is 0.187 e. The first-order chi connectivity index (χ1) is 10.6. The standard InChI is InChI=1S/C16H17FN4O/c1-10(2)15-14(17)16(19-9-18-15)21(3)8-12-11-6-4-5-7-13(11)22-20-12/h4-7,9-10H,8H2,1-3H3. The van der Waals surface area contributed by atoms with Gasteiger partial charge in [-0.3, -0.25) is 0 Å². The fourth-order valence-electron chi connectivity index (χ4n) is 2.39. The molecule has 0 fully saturated rings. The van der Waals surface area contributed by atoms with Crippen LogP contribution in [-0.4, -0.2) is 22.2 Å². The fraction of sp³-hybridized carbons (Fsp3) is 0.312. The highest BCUT2D eigenvalue weighted by Crippen LogP contribution is 2.25. The molecule has 2 heterocycles. The van der Waals surface area contributed by atoms with Crippen molar-refractivity contribution in [2.75, 3.05) is 11.9 Å². The van der Waals surface area contributed by atoms with Crippen LogP contribution in [0.4, 0.5) is 10.2 Å². The van der Waals surface area contributed by atoms with Crippen molar-refractivity contribution in [3.8, 4) is 0 Å². The van der Waals surface area contributed by atoms with E-state index in [1.165, 1.54) is 6.33 Å². The van der Waals surface area contributed by atoms with Crippen LogP contribution in [0, 0.1) is 5.82 Å². The van der Waals surface area contributed by atoms with Gasteiger partial charge in [-0.2, -0.15) is 0 Å². The Balaban J connectivity index is 1.92. The molecule has 5 nitrogen and oxygen atoms in total. The van der Waals surface area contributed by atoms with Crippen LogP contribution in [-0.2, 0) is 6.54 Å². The van der Waals surface area contributed by atoms with Crippen molar-refractivity contribution < 1.29 is 8.91 Å². The van der Waals surface area contributed by atoms with E-state index < -0.39 is 0 Å². The monoisotopic (exact) mass is 300 g/mol. The molecule has 114 valence electrons. The van der Waals surface area contributed by atoms with Gasteiger partial charge >= 0.3 is 0 Å². The SMILES string of the molecule is CC(C)c1ncnc(N(C)Cc2noc3ccccc23)c1F. The van der Waals surface area contributed by atoms with Crippen molar-refractivity contribution >= 4 is 16.8 Å². The number of aromatic nitrogens is 3. The zero-order valence-electron chi connectivity index (χ0n) is 12.7. The Morgan fingerprint density at radius 3 is 2.77 bits per heavy atom. The van der Waals surface area contributed by atoms with Gasteiger partial charge in [0.2, 0.25) is 0 Å². The van der Waals surface area contributed by atoms with Gasteiger partial charge in [-0.15, -0.1) is 0 Å². The third kappa shape index (κ3) is 2.52. The Labute approximate surface area is 127 Å². The zero-order chi connectivity index (χ0) is 15.7. The average Bonchev–Trinajstić information content (AvgIpc) is 2.90. The smallest absolute Gasteiger partial charge is 0.187 e. The van der Waals surface area contributed by atoms with Crippen LogP contribution in [0.15, 0.2) is 35.1 Å². The summed E-state index contributed by atoms with van der Waals surface area (Å²) >= 11 is 0. The van der Waals surface area contributed by atoms with Crippen LogP contribution in [0.1, 0.15) is 31.2 Å². The molecule has 3 rings (SSSR count). The third-order valence-corrected chi connectivity index (χ3v) is 3.55. The van der Waals surface area contributed by atoms with Gasteiger partial charge in [0.15, 0.2) is 17.2 Å². The van der Waals surface area contributed by atoms with Crippen LogP contribution in [0.3, 0.4) is 0 Å². The number of fused-ring (bicyclic) bond motifs is 1. The molecule has 0 N–H and O–H groups in total. The second-order valence-corrected chi connectivity index (χ2v) is 5.53. The summed E-state index contributed by atoms with van der Waals surface area (Å²) < 4.78 is 19.8. The summed E-state index contributed by atoms with van der Waals surface area (Å²) in [5.74, 6) is -0.110. The number of hydrogen-bond donors (Lipinski definition) is 0. The normalized spacial score (nSPS) is 11.3. The average molecular weight is 300 g/mol. The highest BCUT2D eigenvalue weighted by Gasteiger charge is 2.18. The minimum absolute atomic E-state index is 0.00281. The molecule has 0 spiro atoms. The largest absolute Gasteiger partial charge is 0.356 e. The lowest BCUT2D eigenvalue weighted by Crippen LogP contribution is -2.20. The van der Waals surface area contributed by atoms with E-state index >= 15 is 0 Å². The highest BCUT2D eigenvalue weighted by molar-refractivity contribution is 5.79. The van der Waals surface area contributed by atoms with Crippen molar-refractivity contribution in [3.05, 3.63) is 47.8 Å². The van der Waals surface area contributed by atoms with Crippen molar-refractivity contribution in [1.82, 2.24) is 15.1 Å². The zero-order valence-corrected chi connectivity index (χ0v) is 12.7. The summed E-state index contributed by atoms with van der Waals surface area (Å²) in [6, 6.07) is 7.60. The number of benzene rings is 1. The molecular formula is C16H17FN4O. The molecule has 0 unspecified atom stereocenters. The predicted molar refractivity (Wildman–Crippen MR) is 82.2 cm³/mol. The molecule has 0 bridgehead atoms. The molecule has 0 aliphatic heterocycles. The first-order valence-corrected chi connectivity index (χ1v) is 7.12. The van der Waals surface area contributed by atoms with Gasteiger partial charge in [0, 0.05) is 12.4 Å². The van der Waals surface area contributed by atoms with Gasteiger partial charge in [0.1, 0.15) is 12.0 Å². The van der Waals surface area contributed by atoms with Crippen molar-refractivity contribution in [2.45, 2.75) is 26.3 Å². The van der Waals surface area contributed by atoms with E-state index in [0.29, 0.717) is 12.2 Å². The van der Waals surface area contributed by atoms with Crippen LogP contribution in [0.25, 0.3) is 11.0 Å². The lowest BCUT2D eigenvalue weighted by molar-refractivity contribution is 0.445. The number of rotatable bonds is 4. The topological polar surface area (TPSA) is 55.1 Å². The van der Waals surface area contributed by atoms with Crippen LogP contribution >= 0.6 is 0 Å². The molecule has 0 atom stereocenters. The summed E-state index contributed by atoms with van der Waals surface area (Å²) in [5, 5.41) is 4.99. The minimum atomic E-state index is -0.382. The lowest BCUT2D eigenvalue weighted by atomic mass is 10.1. The maximum atomic E-state index is 14.5. The van der Waals surface area contributed by atoms with Crippen LogP contribution in [0.2, 0.25) is 0 Å². The molecule has 0 saturated carbocycles. The summed E-state index contributed by atoms with van der Waals surface area (Å²) in [5.41, 5.74) is 1.89. The number of nitrogens with zero attached hydrogens (tertiary/aromatic N) is 4. The Kier molecular flexibility index (Phi) is 3.75. The molecular weight excluding hydrogens is 283 g/mol. The molecule has 2 aromatic heterocycles. The molecule has 0 saturated heterocycles. The number of halogens is 1. The van der Waals surface area contributed by atoms with Gasteiger partial charge in [-0.1, -0.05) is 31.1 Å². The first-order valence-electron chi connectivity index (χ1n) is 7.12. The maximum absolute atomic E-state index is 14.5. The van der Waals surface area contributed by atoms with Crippen LogP contribution in [0.5, 0.6) is 0 Å². The lowest BCUT2D eigenvalue weighted by Gasteiger charge is -2.19. The van der Waals surface area contributed by atoms with Gasteiger partial charge in [0.25, 0.3) is 0 Å². The Bertz CT molecular complexity index is 800. The van der Waals surface area contributed by atoms with Crippen molar-refractivity contribution in [2.24, 2.45) is 0 Å². The summed E-state index contributed by atoms with van der Waals surface area (Å²) in [6.45, 7) is 4.21. The van der Waals surface area contributed by atoms with Gasteiger partial charge in [-0.05, 0) is 18.1 Å². The minimum Gasteiger partial charge on any atom is -0.356 e. The number of para-hydroxylation sites is 1. The molecule has 0 amide bonds. The first kappa shape index (κ1) is 14.4. The van der Waals surface area contributed by atoms with E-state index in [-0.39, 0.29) is 17.6 Å². The Morgan fingerprint density at radius 2 is 2.00 bits per heavy atom. The summed E-state index contributed by atoms with van der Waals surface area (Å²) in [7, 11) is 1.78. The van der Waals surface area contributed by atoms with E-state index in [0.717, 1.165) is 16.7 Å². The highest BCUT2D eigenvalue weighted by atomic mass is 19.1. The number of hydrogen-bond acceptors (Lipinski definition) is 5. The summed E-state index contributed by atoms with van der Waals surface area (Å²) in [4.78, 5) is 9.80. The van der Waals surface area contributed by atoms with Crippen molar-refractivity contribution in [3.63, 3.8) is 0 Å². The predicted octanol–water partition coefficient (Wildman–Crippen LogP) is 3.52. The van der Waals surface area contributed by atoms with Crippen molar-refractivity contribution in [1.29, 1.82) is 0 Å². The van der Waals surface area contributed by atoms with E-state index in [9.17, 15) is 4.39 Å². The molecule has 0 aliphatic rings. The van der Waals surface area contributed by atoms with E-state index in [2.05, 4.69) is 15.1 Å². The molecule has 0 radical (unpaired) electrons. The second-order valence-electron chi connectivity index (χ2n) is 5.53. The molecule has 6 heteroatoms. The van der Waals surface area contributed by atoms with E-state index in [4.69, 9.17) is 4.52 Å². The van der Waals surface area contributed by atoms with E-state index in [1.54, 1.807) is 11.9 Å². The third-order valence-electron chi connectivity index (χ3n) is 3.55. The molecule has 22 heavy (non-hydrogen) atoms. The second kappa shape index (κ2) is 5.71. The van der Waals surface area contributed by atoms with Gasteiger partial charge < -0.3 is 9.42 Å². The quantitative estimate of drug-likeness (QED) is 0.738. The summed E-state index contributed by atoms with van der Waals surface area (Å²) in [6.07, 6.45) is 1.39. The fourth-order valence-corrected chi connectivity index (χ4v) is 2.39. The van der Waals surface area contributed by atoms with E-state index in [1.807, 2.05) is 38.1 Å². The molecule has 0 aliphatic carbocycles. The van der Waals surface area contributed by atoms with Gasteiger partial charge in [0.05, 0.1) is 12.2 Å². The molecule has 1 aromatic carbocycles. The Hall–Kier alpha value is -2.50. The van der Waals surface area contributed by atoms with Crippen LogP contribution < -0.4 is 4.90 Å². The molecule has 3 aromatic rings. The van der Waals surface area contributed by atoms with Gasteiger partial charge in [-0.25, -0.2) is 14.4 Å².